The van der Waals surface area contributed by atoms with Crippen LogP contribution < -0.4 is 10.2 Å². The van der Waals surface area contributed by atoms with E-state index in [4.69, 9.17) is 20.5 Å². The monoisotopic (exact) mass is 412 g/mol. The Morgan fingerprint density at radius 2 is 1.93 bits per heavy atom. The lowest BCUT2D eigenvalue weighted by Gasteiger charge is -2.27. The Kier molecular flexibility index (Phi) is 7.61. The lowest BCUT2D eigenvalue weighted by molar-refractivity contribution is 0.0728. The topological polar surface area (TPSA) is 44.8 Å². The first kappa shape index (κ1) is 22.0. The Morgan fingerprint density at radius 3 is 2.57 bits per heavy atom. The van der Waals surface area contributed by atoms with Gasteiger partial charge in [0.1, 0.15) is 17.4 Å². The van der Waals surface area contributed by atoms with Crippen LogP contribution in [-0.4, -0.2) is 26.3 Å². The molecule has 2 aromatic rings. The minimum absolute atomic E-state index is 0.0467. The van der Waals surface area contributed by atoms with Gasteiger partial charge in [-0.1, -0.05) is 38.2 Å². The highest BCUT2D eigenvalue weighted by Crippen LogP contribution is 2.19. The number of benzene rings is 2. The standard InChI is InChI=1S/C23H23BF2O4/c1-3-5-6-7-16-14-28-24(29-15-16)18-9-11-20(22(26)12-18)23(27)30-19-10-8-17(4-2)21(25)13-19/h2,8-13,16H,3,5-7,14-15H2,1H3. The molecule has 0 saturated carbocycles. The maximum atomic E-state index is 14.5. The molecule has 1 aliphatic heterocycles. The first-order valence-corrected chi connectivity index (χ1v) is 10.0. The van der Waals surface area contributed by atoms with E-state index < -0.39 is 24.7 Å². The number of ether oxygens (including phenoxy) is 1. The average molecular weight is 412 g/mol. The molecule has 0 amide bonds. The number of carbonyl (C=O) groups excluding carboxylic acids is 1. The quantitative estimate of drug-likeness (QED) is 0.226. The van der Waals surface area contributed by atoms with Crippen LogP contribution in [0.15, 0.2) is 36.4 Å². The van der Waals surface area contributed by atoms with Gasteiger partial charge in [-0.2, -0.15) is 0 Å². The van der Waals surface area contributed by atoms with Crippen LogP contribution >= 0.6 is 0 Å². The first-order valence-electron chi connectivity index (χ1n) is 10.0. The molecular formula is C23H23BF2O4. The second kappa shape index (κ2) is 10.4. The molecule has 0 aromatic heterocycles. The minimum atomic E-state index is -0.937. The van der Waals surface area contributed by atoms with Gasteiger partial charge in [0.25, 0.3) is 0 Å². The molecule has 0 unspecified atom stereocenters. The van der Waals surface area contributed by atoms with E-state index in [0.717, 1.165) is 25.3 Å². The largest absolute Gasteiger partial charge is 0.493 e. The Hall–Kier alpha value is -2.69. The van der Waals surface area contributed by atoms with Gasteiger partial charge in [-0.05, 0) is 36.1 Å². The average Bonchev–Trinajstić information content (AvgIpc) is 2.74. The third-order valence-corrected chi connectivity index (χ3v) is 4.97. The molecule has 0 N–H and O–H groups in total. The third kappa shape index (κ3) is 5.47. The number of terminal acetylenes is 1. The van der Waals surface area contributed by atoms with Crippen molar-refractivity contribution >= 4 is 18.6 Å². The SMILES string of the molecule is C#Cc1ccc(OC(=O)c2ccc(B3OCC(CCCCC)CO3)cc2F)cc1F. The van der Waals surface area contributed by atoms with Crippen molar-refractivity contribution in [3.63, 3.8) is 0 Å². The molecule has 3 rings (SSSR count). The zero-order valence-corrected chi connectivity index (χ0v) is 16.8. The van der Waals surface area contributed by atoms with E-state index in [1.165, 1.54) is 30.7 Å². The number of halogens is 2. The van der Waals surface area contributed by atoms with E-state index in [1.807, 2.05) is 0 Å². The minimum Gasteiger partial charge on any atom is -0.423 e. The van der Waals surface area contributed by atoms with E-state index in [1.54, 1.807) is 6.07 Å². The molecule has 0 aliphatic carbocycles. The Balaban J connectivity index is 1.61. The lowest BCUT2D eigenvalue weighted by atomic mass is 9.77. The van der Waals surface area contributed by atoms with Crippen LogP contribution in [0.1, 0.15) is 48.5 Å². The molecule has 1 aliphatic rings. The summed E-state index contributed by atoms with van der Waals surface area (Å²) in [5, 5.41) is 0. The summed E-state index contributed by atoms with van der Waals surface area (Å²) in [7, 11) is -0.669. The molecule has 4 nitrogen and oxygen atoms in total. The number of unbranched alkanes of at least 4 members (excludes halogenated alkanes) is 2. The van der Waals surface area contributed by atoms with Crippen molar-refractivity contribution in [3.05, 3.63) is 59.2 Å². The van der Waals surface area contributed by atoms with Crippen LogP contribution in [0.3, 0.4) is 0 Å². The Labute approximate surface area is 175 Å². The summed E-state index contributed by atoms with van der Waals surface area (Å²) in [6.07, 6.45) is 9.68. The molecule has 7 heteroatoms. The summed E-state index contributed by atoms with van der Waals surface area (Å²) >= 11 is 0. The van der Waals surface area contributed by atoms with Crippen molar-refractivity contribution in [1.82, 2.24) is 0 Å². The molecular weight excluding hydrogens is 389 g/mol. The normalized spacial score (nSPS) is 14.4. The van der Waals surface area contributed by atoms with E-state index >= 15 is 0 Å². The molecule has 1 fully saturated rings. The number of esters is 1. The van der Waals surface area contributed by atoms with Crippen molar-refractivity contribution in [2.45, 2.75) is 32.6 Å². The number of hydrogen-bond donors (Lipinski definition) is 0. The van der Waals surface area contributed by atoms with Crippen molar-refractivity contribution < 1.29 is 27.6 Å². The molecule has 0 bridgehead atoms. The highest BCUT2D eigenvalue weighted by molar-refractivity contribution is 6.61. The fourth-order valence-corrected chi connectivity index (χ4v) is 3.27. The fraction of sp³-hybridized carbons (Fsp3) is 0.348. The van der Waals surface area contributed by atoms with E-state index in [0.29, 0.717) is 24.6 Å². The lowest BCUT2D eigenvalue weighted by Crippen LogP contribution is -2.44. The third-order valence-electron chi connectivity index (χ3n) is 4.97. The Bertz CT molecular complexity index is 933. The van der Waals surface area contributed by atoms with Crippen molar-refractivity contribution in [2.24, 2.45) is 5.92 Å². The highest BCUT2D eigenvalue weighted by Gasteiger charge is 2.30. The summed E-state index contributed by atoms with van der Waals surface area (Å²) in [6, 6.07) is 7.71. The molecule has 0 spiro atoms. The second-order valence-electron chi connectivity index (χ2n) is 7.28. The number of hydrogen-bond acceptors (Lipinski definition) is 4. The van der Waals surface area contributed by atoms with Gasteiger partial charge in [-0.25, -0.2) is 13.6 Å². The molecule has 0 radical (unpaired) electrons. The van der Waals surface area contributed by atoms with Crippen LogP contribution in [-0.2, 0) is 9.31 Å². The molecule has 156 valence electrons. The molecule has 2 aromatic carbocycles. The predicted molar refractivity (Wildman–Crippen MR) is 111 cm³/mol. The van der Waals surface area contributed by atoms with Crippen LogP contribution in [0.5, 0.6) is 5.75 Å². The van der Waals surface area contributed by atoms with Crippen LogP contribution in [0.2, 0.25) is 0 Å². The first-order chi connectivity index (χ1) is 14.5. The van der Waals surface area contributed by atoms with Crippen LogP contribution in [0, 0.1) is 29.9 Å². The van der Waals surface area contributed by atoms with Gasteiger partial charge in [0.05, 0.1) is 11.1 Å². The van der Waals surface area contributed by atoms with Gasteiger partial charge < -0.3 is 14.0 Å². The van der Waals surface area contributed by atoms with Crippen molar-refractivity contribution in [1.29, 1.82) is 0 Å². The predicted octanol–water partition coefficient (Wildman–Crippen LogP) is 4.10. The molecule has 0 atom stereocenters. The van der Waals surface area contributed by atoms with Gasteiger partial charge in [0, 0.05) is 25.2 Å². The zero-order valence-electron chi connectivity index (χ0n) is 16.8. The van der Waals surface area contributed by atoms with E-state index in [2.05, 4.69) is 12.8 Å². The van der Waals surface area contributed by atoms with E-state index in [-0.39, 0.29) is 16.9 Å². The summed E-state index contributed by atoms with van der Waals surface area (Å²) in [4.78, 5) is 12.3. The van der Waals surface area contributed by atoms with Crippen molar-refractivity contribution in [3.8, 4) is 18.1 Å². The van der Waals surface area contributed by atoms with Crippen molar-refractivity contribution in [2.75, 3.05) is 13.2 Å². The smallest absolute Gasteiger partial charge is 0.423 e. The zero-order chi connectivity index (χ0) is 21.5. The molecule has 30 heavy (non-hydrogen) atoms. The number of carbonyl (C=O) groups is 1. The van der Waals surface area contributed by atoms with E-state index in [9.17, 15) is 13.6 Å². The fourth-order valence-electron chi connectivity index (χ4n) is 3.27. The van der Waals surface area contributed by atoms with Gasteiger partial charge in [0.15, 0.2) is 0 Å². The van der Waals surface area contributed by atoms with Gasteiger partial charge in [-0.15, -0.1) is 6.42 Å². The second-order valence-corrected chi connectivity index (χ2v) is 7.28. The maximum absolute atomic E-state index is 14.5. The van der Waals surface area contributed by atoms with Crippen LogP contribution in [0.25, 0.3) is 0 Å². The summed E-state index contributed by atoms with van der Waals surface area (Å²) in [5.74, 6) is 0.0480. The summed E-state index contributed by atoms with van der Waals surface area (Å²) in [5.41, 5.74) is 0.263. The summed E-state index contributed by atoms with van der Waals surface area (Å²) < 4.78 is 44.8. The number of rotatable bonds is 7. The highest BCUT2D eigenvalue weighted by atomic mass is 19.1. The molecule has 1 saturated heterocycles. The van der Waals surface area contributed by atoms with Gasteiger partial charge >= 0.3 is 13.1 Å². The Morgan fingerprint density at radius 1 is 1.17 bits per heavy atom. The van der Waals surface area contributed by atoms with Crippen LogP contribution in [0.4, 0.5) is 8.78 Å². The van der Waals surface area contributed by atoms with Gasteiger partial charge in [-0.3, -0.25) is 0 Å². The maximum Gasteiger partial charge on any atom is 0.493 e. The van der Waals surface area contributed by atoms with Gasteiger partial charge in [0.2, 0.25) is 0 Å². The summed E-state index contributed by atoms with van der Waals surface area (Å²) in [6.45, 7) is 3.27. The molecule has 1 heterocycles.